The van der Waals surface area contributed by atoms with Crippen LogP contribution < -0.4 is 5.73 Å². The van der Waals surface area contributed by atoms with Crippen LogP contribution >= 0.6 is 0 Å². The standard InChI is InChI=1S/C9H9N3O2/c1-4-11-7-3-5(10)2-6(9(13)14)8(7)12-4/h2-3H,10H2,1H3,(H,11,12)(H,13,14). The fourth-order valence-corrected chi connectivity index (χ4v) is 1.43. The third kappa shape index (κ3) is 1.19. The molecule has 1 heterocycles. The quantitative estimate of drug-likeness (QED) is 0.589. The Kier molecular flexibility index (Phi) is 1.67. The van der Waals surface area contributed by atoms with Crippen molar-refractivity contribution >= 4 is 22.7 Å². The van der Waals surface area contributed by atoms with Gasteiger partial charge < -0.3 is 15.8 Å². The molecule has 2 rings (SSSR count). The summed E-state index contributed by atoms with van der Waals surface area (Å²) >= 11 is 0. The van der Waals surface area contributed by atoms with Crippen LogP contribution in [0.2, 0.25) is 0 Å². The van der Waals surface area contributed by atoms with Crippen LogP contribution in [-0.4, -0.2) is 21.0 Å². The second-order valence-electron chi connectivity index (χ2n) is 3.09. The lowest BCUT2D eigenvalue weighted by Crippen LogP contribution is -1.99. The van der Waals surface area contributed by atoms with Gasteiger partial charge in [-0.05, 0) is 19.1 Å². The van der Waals surface area contributed by atoms with E-state index in [0.29, 0.717) is 22.5 Å². The van der Waals surface area contributed by atoms with Crippen molar-refractivity contribution in [3.63, 3.8) is 0 Å². The number of H-pyrrole nitrogens is 1. The summed E-state index contributed by atoms with van der Waals surface area (Å²) in [7, 11) is 0. The number of anilines is 1. The number of carbonyl (C=O) groups is 1. The molecule has 0 bridgehead atoms. The third-order valence-electron chi connectivity index (χ3n) is 1.96. The van der Waals surface area contributed by atoms with E-state index in [4.69, 9.17) is 10.8 Å². The zero-order valence-corrected chi connectivity index (χ0v) is 7.53. The van der Waals surface area contributed by atoms with Gasteiger partial charge in [0.15, 0.2) is 0 Å². The molecule has 0 radical (unpaired) electrons. The molecule has 0 aliphatic rings. The number of aromatic nitrogens is 2. The number of nitrogens with zero attached hydrogens (tertiary/aromatic N) is 1. The molecule has 0 unspecified atom stereocenters. The molecule has 14 heavy (non-hydrogen) atoms. The summed E-state index contributed by atoms with van der Waals surface area (Å²) in [6, 6.07) is 3.08. The highest BCUT2D eigenvalue weighted by Gasteiger charge is 2.12. The molecular formula is C9H9N3O2. The maximum atomic E-state index is 10.9. The summed E-state index contributed by atoms with van der Waals surface area (Å²) in [5, 5.41) is 8.91. The number of hydrogen-bond acceptors (Lipinski definition) is 3. The van der Waals surface area contributed by atoms with Crippen LogP contribution in [0.3, 0.4) is 0 Å². The Morgan fingerprint density at radius 2 is 2.29 bits per heavy atom. The largest absolute Gasteiger partial charge is 0.478 e. The number of aryl methyl sites for hydroxylation is 1. The SMILES string of the molecule is Cc1nc2c(C(=O)O)cc(N)cc2[nH]1. The number of carboxylic acid groups (broad SMARTS) is 1. The van der Waals surface area contributed by atoms with E-state index in [1.165, 1.54) is 6.07 Å². The first-order chi connectivity index (χ1) is 6.58. The maximum absolute atomic E-state index is 10.9. The normalized spacial score (nSPS) is 10.6. The van der Waals surface area contributed by atoms with Crippen molar-refractivity contribution in [3.8, 4) is 0 Å². The van der Waals surface area contributed by atoms with E-state index in [1.54, 1.807) is 13.0 Å². The van der Waals surface area contributed by atoms with Gasteiger partial charge >= 0.3 is 5.97 Å². The van der Waals surface area contributed by atoms with Crippen LogP contribution in [0.4, 0.5) is 5.69 Å². The van der Waals surface area contributed by atoms with Crippen molar-refractivity contribution < 1.29 is 9.90 Å². The fourth-order valence-electron chi connectivity index (χ4n) is 1.43. The molecule has 0 atom stereocenters. The van der Waals surface area contributed by atoms with Gasteiger partial charge in [-0.25, -0.2) is 9.78 Å². The number of aromatic amines is 1. The lowest BCUT2D eigenvalue weighted by Gasteiger charge is -1.97. The topological polar surface area (TPSA) is 92.0 Å². The molecule has 1 aromatic carbocycles. The van der Waals surface area contributed by atoms with E-state index < -0.39 is 5.97 Å². The van der Waals surface area contributed by atoms with E-state index in [9.17, 15) is 4.79 Å². The number of carboxylic acids is 1. The highest BCUT2D eigenvalue weighted by Crippen LogP contribution is 2.20. The number of aromatic carboxylic acids is 1. The molecule has 5 heteroatoms. The Labute approximate surface area is 79.6 Å². The van der Waals surface area contributed by atoms with Crippen LogP contribution in [0.1, 0.15) is 16.2 Å². The van der Waals surface area contributed by atoms with Crippen molar-refractivity contribution in [2.24, 2.45) is 0 Å². The van der Waals surface area contributed by atoms with E-state index >= 15 is 0 Å². The predicted molar refractivity (Wildman–Crippen MR) is 52.2 cm³/mol. The van der Waals surface area contributed by atoms with Crippen LogP contribution in [0.15, 0.2) is 12.1 Å². The lowest BCUT2D eigenvalue weighted by molar-refractivity contribution is 0.0699. The molecule has 5 nitrogen and oxygen atoms in total. The highest BCUT2D eigenvalue weighted by molar-refractivity contribution is 6.02. The van der Waals surface area contributed by atoms with E-state index in [0.717, 1.165) is 0 Å². The first-order valence-electron chi connectivity index (χ1n) is 4.07. The van der Waals surface area contributed by atoms with Crippen LogP contribution in [-0.2, 0) is 0 Å². The lowest BCUT2D eigenvalue weighted by atomic mass is 10.1. The van der Waals surface area contributed by atoms with Gasteiger partial charge in [-0.1, -0.05) is 0 Å². The van der Waals surface area contributed by atoms with Crippen molar-refractivity contribution in [1.29, 1.82) is 0 Å². The predicted octanol–water partition coefficient (Wildman–Crippen LogP) is 1.15. The molecule has 0 aliphatic heterocycles. The van der Waals surface area contributed by atoms with Crippen LogP contribution in [0.25, 0.3) is 11.0 Å². The number of nitrogens with two attached hydrogens (primary N) is 1. The van der Waals surface area contributed by atoms with Crippen molar-refractivity contribution in [2.45, 2.75) is 6.92 Å². The number of benzene rings is 1. The van der Waals surface area contributed by atoms with E-state index in [2.05, 4.69) is 9.97 Å². The Morgan fingerprint density at radius 3 is 2.93 bits per heavy atom. The summed E-state index contributed by atoms with van der Waals surface area (Å²) in [6.45, 7) is 1.77. The summed E-state index contributed by atoms with van der Waals surface area (Å²) in [5.74, 6) is -0.345. The number of rotatable bonds is 1. The molecule has 0 saturated heterocycles. The Morgan fingerprint density at radius 1 is 1.57 bits per heavy atom. The molecule has 0 spiro atoms. The number of imidazole rings is 1. The van der Waals surface area contributed by atoms with Crippen molar-refractivity contribution in [1.82, 2.24) is 9.97 Å². The molecule has 0 aliphatic carbocycles. The fraction of sp³-hybridized carbons (Fsp3) is 0.111. The number of nitrogen functional groups attached to an aromatic ring is 1. The third-order valence-corrected chi connectivity index (χ3v) is 1.96. The molecule has 1 aromatic heterocycles. The molecular weight excluding hydrogens is 182 g/mol. The summed E-state index contributed by atoms with van der Waals surface area (Å²) < 4.78 is 0. The molecule has 0 amide bonds. The minimum absolute atomic E-state index is 0.129. The van der Waals surface area contributed by atoms with Gasteiger partial charge in [0.05, 0.1) is 11.1 Å². The average Bonchev–Trinajstić information content (AvgIpc) is 2.42. The molecule has 4 N–H and O–H groups in total. The smallest absolute Gasteiger partial charge is 0.338 e. The molecule has 2 aromatic rings. The van der Waals surface area contributed by atoms with E-state index in [-0.39, 0.29) is 5.56 Å². The summed E-state index contributed by atoms with van der Waals surface area (Å²) in [5.41, 5.74) is 7.21. The number of fused-ring (bicyclic) bond motifs is 1. The molecule has 72 valence electrons. The second kappa shape index (κ2) is 2.73. The Hall–Kier alpha value is -2.04. The minimum Gasteiger partial charge on any atom is -0.478 e. The molecule has 0 fully saturated rings. The Balaban J connectivity index is 2.85. The van der Waals surface area contributed by atoms with Gasteiger partial charge in [-0.15, -0.1) is 0 Å². The average molecular weight is 191 g/mol. The van der Waals surface area contributed by atoms with E-state index in [1.807, 2.05) is 0 Å². The van der Waals surface area contributed by atoms with Gasteiger partial charge in [0, 0.05) is 5.69 Å². The number of nitrogens with one attached hydrogen (secondary N) is 1. The first kappa shape index (κ1) is 8.55. The van der Waals surface area contributed by atoms with Gasteiger partial charge in [0.2, 0.25) is 0 Å². The zero-order chi connectivity index (χ0) is 10.3. The van der Waals surface area contributed by atoms with Crippen molar-refractivity contribution in [2.75, 3.05) is 5.73 Å². The van der Waals surface area contributed by atoms with Gasteiger partial charge in [-0.2, -0.15) is 0 Å². The maximum Gasteiger partial charge on any atom is 0.338 e. The number of hydrogen-bond donors (Lipinski definition) is 3. The summed E-state index contributed by atoms with van der Waals surface area (Å²) in [6.07, 6.45) is 0. The van der Waals surface area contributed by atoms with Crippen LogP contribution in [0, 0.1) is 6.92 Å². The van der Waals surface area contributed by atoms with Crippen LogP contribution in [0.5, 0.6) is 0 Å². The second-order valence-corrected chi connectivity index (χ2v) is 3.09. The first-order valence-corrected chi connectivity index (χ1v) is 4.07. The highest BCUT2D eigenvalue weighted by atomic mass is 16.4. The zero-order valence-electron chi connectivity index (χ0n) is 7.53. The monoisotopic (exact) mass is 191 g/mol. The van der Waals surface area contributed by atoms with Crippen molar-refractivity contribution in [3.05, 3.63) is 23.5 Å². The van der Waals surface area contributed by atoms with Gasteiger partial charge in [-0.3, -0.25) is 0 Å². The molecule has 0 saturated carbocycles. The summed E-state index contributed by atoms with van der Waals surface area (Å²) in [4.78, 5) is 17.9. The van der Waals surface area contributed by atoms with Gasteiger partial charge in [0.25, 0.3) is 0 Å². The Bertz CT molecular complexity index is 516. The minimum atomic E-state index is -1.02. The van der Waals surface area contributed by atoms with Gasteiger partial charge in [0.1, 0.15) is 11.3 Å².